The smallest absolute Gasteiger partial charge is 0.142 e. The molecular formula is C14H22N2O2. The quantitative estimate of drug-likeness (QED) is 0.886. The van der Waals surface area contributed by atoms with Gasteiger partial charge in [-0.25, -0.2) is 0 Å². The predicted octanol–water partition coefficient (Wildman–Crippen LogP) is 1.75. The van der Waals surface area contributed by atoms with E-state index in [0.29, 0.717) is 5.92 Å². The van der Waals surface area contributed by atoms with Crippen LogP contribution in [0.5, 0.6) is 11.5 Å². The second kappa shape index (κ2) is 5.96. The fraction of sp³-hybridized carbons (Fsp3) is 0.571. The fourth-order valence-electron chi connectivity index (χ4n) is 2.36. The van der Waals surface area contributed by atoms with Crippen molar-refractivity contribution in [3.8, 4) is 11.5 Å². The van der Waals surface area contributed by atoms with Gasteiger partial charge in [-0.3, -0.25) is 0 Å². The first-order valence-corrected chi connectivity index (χ1v) is 6.42. The third-order valence-corrected chi connectivity index (χ3v) is 3.31. The van der Waals surface area contributed by atoms with E-state index in [1.165, 1.54) is 0 Å². The molecule has 0 bridgehead atoms. The van der Waals surface area contributed by atoms with Crippen LogP contribution < -0.4 is 19.7 Å². The summed E-state index contributed by atoms with van der Waals surface area (Å²) in [6.45, 7) is 6.37. The Balaban J connectivity index is 2.28. The number of hydrogen-bond donors (Lipinski definition) is 1. The summed E-state index contributed by atoms with van der Waals surface area (Å²) in [6, 6.07) is 5.95. The predicted molar refractivity (Wildman–Crippen MR) is 73.8 cm³/mol. The molecule has 1 aromatic carbocycles. The number of ether oxygens (including phenoxy) is 2. The van der Waals surface area contributed by atoms with E-state index in [1.807, 2.05) is 12.1 Å². The van der Waals surface area contributed by atoms with E-state index >= 15 is 0 Å². The first-order chi connectivity index (χ1) is 8.74. The van der Waals surface area contributed by atoms with Gasteiger partial charge in [0.25, 0.3) is 0 Å². The molecule has 100 valence electrons. The molecular weight excluding hydrogens is 228 g/mol. The van der Waals surface area contributed by atoms with Crippen LogP contribution >= 0.6 is 0 Å². The van der Waals surface area contributed by atoms with E-state index in [1.54, 1.807) is 14.2 Å². The van der Waals surface area contributed by atoms with Crippen molar-refractivity contribution in [1.29, 1.82) is 0 Å². The van der Waals surface area contributed by atoms with Crippen molar-refractivity contribution < 1.29 is 9.47 Å². The standard InChI is InChI=1S/C14H22N2O2/c1-11-9-15-6-7-16(10-11)13-8-12(17-2)4-5-14(13)18-3/h4-5,8,11,15H,6-7,9-10H2,1-3H3. The van der Waals surface area contributed by atoms with Crippen LogP contribution in [-0.2, 0) is 0 Å². The first-order valence-electron chi connectivity index (χ1n) is 6.42. The van der Waals surface area contributed by atoms with Gasteiger partial charge in [0.15, 0.2) is 0 Å². The molecule has 0 amide bonds. The first kappa shape index (κ1) is 13.0. The average Bonchev–Trinajstić information content (AvgIpc) is 2.62. The second-order valence-corrected chi connectivity index (χ2v) is 4.79. The van der Waals surface area contributed by atoms with Crippen LogP contribution in [0.1, 0.15) is 6.92 Å². The van der Waals surface area contributed by atoms with Crippen LogP contribution in [0, 0.1) is 5.92 Å². The second-order valence-electron chi connectivity index (χ2n) is 4.79. The summed E-state index contributed by atoms with van der Waals surface area (Å²) in [6.07, 6.45) is 0. The summed E-state index contributed by atoms with van der Waals surface area (Å²) in [4.78, 5) is 2.37. The summed E-state index contributed by atoms with van der Waals surface area (Å²) < 4.78 is 10.8. The molecule has 18 heavy (non-hydrogen) atoms. The third-order valence-electron chi connectivity index (χ3n) is 3.31. The monoisotopic (exact) mass is 250 g/mol. The Morgan fingerprint density at radius 2 is 2.11 bits per heavy atom. The summed E-state index contributed by atoms with van der Waals surface area (Å²) in [5.41, 5.74) is 1.12. The Bertz CT molecular complexity index is 395. The Morgan fingerprint density at radius 1 is 1.28 bits per heavy atom. The van der Waals surface area contributed by atoms with Gasteiger partial charge in [0.2, 0.25) is 0 Å². The molecule has 1 aliphatic rings. The zero-order valence-electron chi connectivity index (χ0n) is 11.4. The van der Waals surface area contributed by atoms with Crippen molar-refractivity contribution in [1.82, 2.24) is 5.32 Å². The normalized spacial score (nSPS) is 20.4. The number of methoxy groups -OCH3 is 2. The summed E-state index contributed by atoms with van der Waals surface area (Å²) in [5.74, 6) is 2.41. The zero-order chi connectivity index (χ0) is 13.0. The lowest BCUT2D eigenvalue weighted by molar-refractivity contribution is 0.402. The molecule has 0 saturated carbocycles. The summed E-state index contributed by atoms with van der Waals surface area (Å²) in [7, 11) is 3.41. The van der Waals surface area contributed by atoms with Gasteiger partial charge in [0, 0.05) is 25.7 Å². The molecule has 1 saturated heterocycles. The minimum atomic E-state index is 0.628. The molecule has 1 fully saturated rings. The minimum Gasteiger partial charge on any atom is -0.497 e. The van der Waals surface area contributed by atoms with Crippen LogP contribution in [0.2, 0.25) is 0 Å². The molecule has 0 spiro atoms. The van der Waals surface area contributed by atoms with Crippen molar-refractivity contribution in [3.05, 3.63) is 18.2 Å². The number of hydrogen-bond acceptors (Lipinski definition) is 4. The van der Waals surface area contributed by atoms with Crippen LogP contribution in [0.15, 0.2) is 18.2 Å². The maximum Gasteiger partial charge on any atom is 0.142 e. The lowest BCUT2D eigenvalue weighted by atomic mass is 10.1. The van der Waals surface area contributed by atoms with E-state index in [0.717, 1.165) is 43.4 Å². The molecule has 2 rings (SSSR count). The highest BCUT2D eigenvalue weighted by Crippen LogP contribution is 2.32. The highest BCUT2D eigenvalue weighted by molar-refractivity contribution is 5.61. The van der Waals surface area contributed by atoms with E-state index in [2.05, 4.69) is 23.2 Å². The van der Waals surface area contributed by atoms with E-state index < -0.39 is 0 Å². The molecule has 1 unspecified atom stereocenters. The molecule has 0 radical (unpaired) electrons. The van der Waals surface area contributed by atoms with E-state index in [-0.39, 0.29) is 0 Å². The maximum atomic E-state index is 5.46. The molecule has 1 N–H and O–H groups in total. The Hall–Kier alpha value is -1.42. The molecule has 4 heteroatoms. The van der Waals surface area contributed by atoms with Crippen molar-refractivity contribution >= 4 is 5.69 Å². The molecule has 1 aromatic rings. The SMILES string of the molecule is COc1ccc(OC)c(N2CCNCC(C)C2)c1. The van der Waals surface area contributed by atoms with Crippen molar-refractivity contribution in [2.24, 2.45) is 5.92 Å². The highest BCUT2D eigenvalue weighted by Gasteiger charge is 2.18. The highest BCUT2D eigenvalue weighted by atomic mass is 16.5. The van der Waals surface area contributed by atoms with Gasteiger partial charge in [-0.1, -0.05) is 6.92 Å². The van der Waals surface area contributed by atoms with Gasteiger partial charge >= 0.3 is 0 Å². The van der Waals surface area contributed by atoms with E-state index in [9.17, 15) is 0 Å². The van der Waals surface area contributed by atoms with Gasteiger partial charge in [-0.15, -0.1) is 0 Å². The van der Waals surface area contributed by atoms with Gasteiger partial charge in [0.05, 0.1) is 19.9 Å². The Morgan fingerprint density at radius 3 is 2.83 bits per heavy atom. The molecule has 0 aromatic heterocycles. The third kappa shape index (κ3) is 2.88. The topological polar surface area (TPSA) is 33.7 Å². The number of nitrogens with zero attached hydrogens (tertiary/aromatic N) is 1. The fourth-order valence-corrected chi connectivity index (χ4v) is 2.36. The van der Waals surface area contributed by atoms with Gasteiger partial charge in [-0.05, 0) is 24.6 Å². The number of rotatable bonds is 3. The van der Waals surface area contributed by atoms with Gasteiger partial charge in [-0.2, -0.15) is 0 Å². The van der Waals surface area contributed by atoms with Gasteiger partial charge < -0.3 is 19.7 Å². The van der Waals surface area contributed by atoms with Crippen LogP contribution in [0.4, 0.5) is 5.69 Å². The summed E-state index contributed by atoms with van der Waals surface area (Å²) >= 11 is 0. The lowest BCUT2D eigenvalue weighted by Crippen LogP contribution is -2.29. The number of nitrogens with one attached hydrogen (secondary N) is 1. The minimum absolute atomic E-state index is 0.628. The number of benzene rings is 1. The van der Waals surface area contributed by atoms with Crippen LogP contribution in [-0.4, -0.2) is 40.4 Å². The van der Waals surface area contributed by atoms with Crippen LogP contribution in [0.25, 0.3) is 0 Å². The molecule has 4 nitrogen and oxygen atoms in total. The van der Waals surface area contributed by atoms with Crippen molar-refractivity contribution in [3.63, 3.8) is 0 Å². The van der Waals surface area contributed by atoms with Crippen LogP contribution in [0.3, 0.4) is 0 Å². The average molecular weight is 250 g/mol. The Labute approximate surface area is 109 Å². The van der Waals surface area contributed by atoms with E-state index in [4.69, 9.17) is 9.47 Å². The zero-order valence-corrected chi connectivity index (χ0v) is 11.4. The van der Waals surface area contributed by atoms with Crippen molar-refractivity contribution in [2.45, 2.75) is 6.92 Å². The van der Waals surface area contributed by atoms with Gasteiger partial charge in [0.1, 0.15) is 11.5 Å². The molecule has 1 aliphatic heterocycles. The maximum absolute atomic E-state index is 5.46. The molecule has 0 aliphatic carbocycles. The molecule has 1 atom stereocenters. The lowest BCUT2D eigenvalue weighted by Gasteiger charge is -2.26. The number of anilines is 1. The molecule has 1 heterocycles. The summed E-state index contributed by atoms with van der Waals surface area (Å²) in [5, 5.41) is 3.45. The van der Waals surface area contributed by atoms with Crippen molar-refractivity contribution in [2.75, 3.05) is 45.3 Å². The largest absolute Gasteiger partial charge is 0.497 e. The Kier molecular flexibility index (Phi) is 4.31.